The number of ether oxygens (including phenoxy) is 1. The van der Waals surface area contributed by atoms with Crippen LogP contribution in [-0.4, -0.2) is 13.2 Å². The minimum Gasteiger partial charge on any atom is -0.354 e. The molecular weight excluding hydrogens is 126 g/mol. The van der Waals surface area contributed by atoms with E-state index in [0.29, 0.717) is 0 Å². The van der Waals surface area contributed by atoms with Crippen molar-refractivity contribution in [2.24, 2.45) is 5.92 Å². The minimum absolute atomic E-state index is 0.738. The molecule has 0 spiro atoms. The third-order valence-electron chi connectivity index (χ3n) is 2.38. The third kappa shape index (κ3) is 1.18. The van der Waals surface area contributed by atoms with Gasteiger partial charge in [-0.2, -0.15) is 0 Å². The maximum atomic E-state index is 5.44. The zero-order valence-corrected chi connectivity index (χ0v) is 6.23. The molecule has 1 saturated carbocycles. The van der Waals surface area contributed by atoms with E-state index >= 15 is 0 Å². The fourth-order valence-corrected chi connectivity index (χ4v) is 1.84. The Morgan fingerprint density at radius 3 is 2.70 bits per heavy atom. The van der Waals surface area contributed by atoms with Crippen LogP contribution in [0.15, 0.2) is 0 Å². The van der Waals surface area contributed by atoms with Crippen molar-refractivity contribution in [3.05, 3.63) is 6.23 Å². The maximum absolute atomic E-state index is 5.44. The number of rotatable bonds is 1. The van der Waals surface area contributed by atoms with E-state index in [1.165, 1.54) is 31.9 Å². The van der Waals surface area contributed by atoms with E-state index in [2.05, 4.69) is 5.32 Å². The lowest BCUT2D eigenvalue weighted by atomic mass is 10.1. The summed E-state index contributed by atoms with van der Waals surface area (Å²) in [5, 5.41) is 3.29. The Morgan fingerprint density at radius 1 is 1.30 bits per heavy atom. The molecule has 1 saturated heterocycles. The van der Waals surface area contributed by atoms with Gasteiger partial charge >= 0.3 is 0 Å². The molecule has 2 aliphatic rings. The fourth-order valence-electron chi connectivity index (χ4n) is 1.84. The van der Waals surface area contributed by atoms with Gasteiger partial charge in [-0.05, 0) is 12.8 Å². The lowest BCUT2D eigenvalue weighted by Crippen LogP contribution is -2.20. The van der Waals surface area contributed by atoms with Crippen molar-refractivity contribution in [2.75, 3.05) is 13.2 Å². The summed E-state index contributed by atoms with van der Waals surface area (Å²) < 4.78 is 5.44. The number of hydrogen-bond donors (Lipinski definition) is 1. The van der Waals surface area contributed by atoms with Gasteiger partial charge in [0.15, 0.2) is 6.23 Å². The summed E-state index contributed by atoms with van der Waals surface area (Å²) in [4.78, 5) is 0. The molecule has 1 aliphatic carbocycles. The lowest BCUT2D eigenvalue weighted by molar-refractivity contribution is 0.149. The minimum atomic E-state index is 0.738. The van der Waals surface area contributed by atoms with Crippen LogP contribution in [0.1, 0.15) is 25.7 Å². The quantitative estimate of drug-likeness (QED) is 0.592. The van der Waals surface area contributed by atoms with Gasteiger partial charge in [0.2, 0.25) is 0 Å². The molecule has 0 aromatic carbocycles. The molecule has 57 valence electrons. The van der Waals surface area contributed by atoms with Crippen LogP contribution in [-0.2, 0) is 4.74 Å². The Kier molecular flexibility index (Phi) is 1.91. The van der Waals surface area contributed by atoms with Crippen LogP contribution < -0.4 is 5.32 Å². The maximum Gasteiger partial charge on any atom is 0.165 e. The van der Waals surface area contributed by atoms with Crippen LogP contribution in [0, 0.1) is 12.1 Å². The molecule has 2 rings (SSSR count). The first-order valence-electron chi connectivity index (χ1n) is 4.20. The topological polar surface area (TPSA) is 21.3 Å². The predicted molar refractivity (Wildman–Crippen MR) is 39.2 cm³/mol. The van der Waals surface area contributed by atoms with Crippen LogP contribution in [0.5, 0.6) is 0 Å². The molecular formula is C8H14NO. The monoisotopic (exact) mass is 140 g/mol. The van der Waals surface area contributed by atoms with E-state index in [4.69, 9.17) is 4.74 Å². The smallest absolute Gasteiger partial charge is 0.165 e. The van der Waals surface area contributed by atoms with Crippen molar-refractivity contribution in [3.63, 3.8) is 0 Å². The largest absolute Gasteiger partial charge is 0.354 e. The van der Waals surface area contributed by atoms with E-state index in [1.807, 2.05) is 0 Å². The Labute approximate surface area is 61.9 Å². The van der Waals surface area contributed by atoms with Crippen molar-refractivity contribution in [2.45, 2.75) is 25.7 Å². The van der Waals surface area contributed by atoms with Gasteiger partial charge in [0.05, 0.1) is 6.61 Å². The Morgan fingerprint density at radius 2 is 2.10 bits per heavy atom. The van der Waals surface area contributed by atoms with E-state index in [0.717, 1.165) is 19.1 Å². The summed E-state index contributed by atoms with van der Waals surface area (Å²) in [5.41, 5.74) is 0. The second-order valence-electron chi connectivity index (χ2n) is 3.12. The van der Waals surface area contributed by atoms with Crippen LogP contribution in [0.25, 0.3) is 0 Å². The van der Waals surface area contributed by atoms with Crippen molar-refractivity contribution >= 4 is 0 Å². The first kappa shape index (κ1) is 6.62. The molecule has 1 N–H and O–H groups in total. The Balaban J connectivity index is 1.85. The molecule has 0 unspecified atom stereocenters. The molecule has 0 aromatic rings. The van der Waals surface area contributed by atoms with Gasteiger partial charge in [-0.15, -0.1) is 0 Å². The van der Waals surface area contributed by atoms with Gasteiger partial charge in [0, 0.05) is 12.5 Å². The average molecular weight is 140 g/mol. The van der Waals surface area contributed by atoms with Gasteiger partial charge in [-0.1, -0.05) is 12.8 Å². The second-order valence-corrected chi connectivity index (χ2v) is 3.12. The zero-order valence-electron chi connectivity index (χ0n) is 6.23. The second kappa shape index (κ2) is 2.89. The standard InChI is InChI=1S/C8H14NO/c1-2-4-7(3-1)8-9-5-6-10-8/h7,9H,1-6H2. The molecule has 0 aromatic heterocycles. The van der Waals surface area contributed by atoms with Gasteiger partial charge in [-0.25, -0.2) is 0 Å². The molecule has 0 amide bonds. The molecule has 2 nitrogen and oxygen atoms in total. The summed E-state index contributed by atoms with van der Waals surface area (Å²) in [6, 6.07) is 0. The highest BCUT2D eigenvalue weighted by Gasteiger charge is 2.28. The Bertz CT molecular complexity index is 89.8. The van der Waals surface area contributed by atoms with E-state index in [9.17, 15) is 0 Å². The highest BCUT2D eigenvalue weighted by atomic mass is 16.5. The van der Waals surface area contributed by atoms with Gasteiger partial charge < -0.3 is 4.74 Å². The summed E-state index contributed by atoms with van der Waals surface area (Å²) in [5.74, 6) is 0.738. The first-order valence-corrected chi connectivity index (χ1v) is 4.20. The molecule has 1 aliphatic heterocycles. The number of nitrogens with one attached hydrogen (secondary N) is 1. The van der Waals surface area contributed by atoms with Crippen LogP contribution in [0.3, 0.4) is 0 Å². The van der Waals surface area contributed by atoms with Crippen molar-refractivity contribution in [1.82, 2.24) is 5.32 Å². The van der Waals surface area contributed by atoms with Gasteiger partial charge in [0.1, 0.15) is 0 Å². The highest BCUT2D eigenvalue weighted by molar-refractivity contribution is 4.90. The molecule has 0 atom stereocenters. The summed E-state index contributed by atoms with van der Waals surface area (Å²) >= 11 is 0. The van der Waals surface area contributed by atoms with Crippen molar-refractivity contribution < 1.29 is 4.74 Å². The van der Waals surface area contributed by atoms with Crippen LogP contribution >= 0.6 is 0 Å². The normalized spacial score (nSPS) is 30.0. The highest BCUT2D eigenvalue weighted by Crippen LogP contribution is 2.32. The molecule has 2 heteroatoms. The number of hydrogen-bond acceptors (Lipinski definition) is 2. The SMILES string of the molecule is C1CCC([C]2NCCO2)C1. The van der Waals surface area contributed by atoms with Crippen LogP contribution in [0.2, 0.25) is 0 Å². The van der Waals surface area contributed by atoms with E-state index < -0.39 is 0 Å². The van der Waals surface area contributed by atoms with Gasteiger partial charge in [-0.3, -0.25) is 5.32 Å². The van der Waals surface area contributed by atoms with E-state index in [-0.39, 0.29) is 0 Å². The molecule has 2 fully saturated rings. The molecule has 10 heavy (non-hydrogen) atoms. The molecule has 1 heterocycles. The molecule has 1 radical (unpaired) electrons. The lowest BCUT2D eigenvalue weighted by Gasteiger charge is -2.14. The molecule has 0 bridgehead atoms. The summed E-state index contributed by atoms with van der Waals surface area (Å²) in [7, 11) is 0. The average Bonchev–Trinajstić information content (AvgIpc) is 2.59. The van der Waals surface area contributed by atoms with Gasteiger partial charge in [0.25, 0.3) is 0 Å². The summed E-state index contributed by atoms with van der Waals surface area (Å²) in [6.45, 7) is 1.90. The third-order valence-corrected chi connectivity index (χ3v) is 2.38. The van der Waals surface area contributed by atoms with Crippen LogP contribution in [0.4, 0.5) is 0 Å². The fraction of sp³-hybridized carbons (Fsp3) is 0.875. The Hall–Kier alpha value is -0.0800. The van der Waals surface area contributed by atoms with E-state index in [1.54, 1.807) is 0 Å². The van der Waals surface area contributed by atoms with Crippen molar-refractivity contribution in [3.8, 4) is 0 Å². The predicted octanol–water partition coefficient (Wildman–Crippen LogP) is 1.29. The zero-order chi connectivity index (χ0) is 6.81. The van der Waals surface area contributed by atoms with Crippen molar-refractivity contribution in [1.29, 1.82) is 0 Å². The first-order chi connectivity index (χ1) is 4.97. The summed E-state index contributed by atoms with van der Waals surface area (Å²) in [6.07, 6.45) is 6.63.